The summed E-state index contributed by atoms with van der Waals surface area (Å²) < 4.78 is 6.30. The van der Waals surface area contributed by atoms with Crippen LogP contribution in [0.1, 0.15) is 4.88 Å². The van der Waals surface area contributed by atoms with Crippen LogP contribution in [0.4, 0.5) is 5.69 Å². The van der Waals surface area contributed by atoms with Crippen molar-refractivity contribution < 1.29 is 4.74 Å². The van der Waals surface area contributed by atoms with E-state index in [1.54, 1.807) is 18.4 Å². The average Bonchev–Trinajstić information content (AvgIpc) is 2.75. The second-order valence-corrected chi connectivity index (χ2v) is 5.70. The molecule has 0 spiro atoms. The molecule has 1 aromatic carbocycles. The molecule has 0 saturated heterocycles. The number of benzene rings is 1. The van der Waals surface area contributed by atoms with E-state index < -0.39 is 0 Å². The van der Waals surface area contributed by atoms with Crippen molar-refractivity contribution >= 4 is 33.0 Å². The summed E-state index contributed by atoms with van der Waals surface area (Å²) in [6.07, 6.45) is 0. The first kappa shape index (κ1) is 12.5. The van der Waals surface area contributed by atoms with Crippen LogP contribution in [0.25, 0.3) is 0 Å². The quantitative estimate of drug-likeness (QED) is 0.841. The Morgan fingerprint density at radius 3 is 2.53 bits per heavy atom. The van der Waals surface area contributed by atoms with Gasteiger partial charge in [-0.05, 0) is 46.3 Å². The fraction of sp³-hybridized carbons (Fsp3) is 0.231. The molecule has 0 aliphatic carbocycles. The van der Waals surface area contributed by atoms with Crippen LogP contribution in [0.2, 0.25) is 0 Å². The van der Waals surface area contributed by atoms with E-state index in [9.17, 15) is 0 Å². The highest BCUT2D eigenvalue weighted by Crippen LogP contribution is 2.24. The van der Waals surface area contributed by atoms with Gasteiger partial charge in [0.05, 0.1) is 13.7 Å². The van der Waals surface area contributed by atoms with E-state index in [1.807, 2.05) is 12.1 Å². The Kier molecular flexibility index (Phi) is 4.07. The lowest BCUT2D eigenvalue weighted by atomic mass is 10.2. The molecule has 0 amide bonds. The SMILES string of the molecule is COc1ccc(N(C)Cc2cc(Br)cs2)cc1. The summed E-state index contributed by atoms with van der Waals surface area (Å²) in [6, 6.07) is 10.3. The summed E-state index contributed by atoms with van der Waals surface area (Å²) in [6.45, 7) is 0.919. The van der Waals surface area contributed by atoms with Crippen LogP contribution in [0.15, 0.2) is 40.2 Å². The molecule has 1 aromatic heterocycles. The Bertz CT molecular complexity index is 480. The number of nitrogens with zero attached hydrogens (tertiary/aromatic N) is 1. The second-order valence-electron chi connectivity index (χ2n) is 3.79. The number of methoxy groups -OCH3 is 1. The minimum Gasteiger partial charge on any atom is -0.497 e. The van der Waals surface area contributed by atoms with Gasteiger partial charge in [0, 0.05) is 27.5 Å². The number of rotatable bonds is 4. The van der Waals surface area contributed by atoms with Crippen LogP contribution in [0.5, 0.6) is 5.75 Å². The predicted molar refractivity (Wildman–Crippen MR) is 77.1 cm³/mol. The molecule has 0 atom stereocenters. The summed E-state index contributed by atoms with van der Waals surface area (Å²) >= 11 is 5.24. The second kappa shape index (κ2) is 5.56. The smallest absolute Gasteiger partial charge is 0.119 e. The minimum absolute atomic E-state index is 0.890. The van der Waals surface area contributed by atoms with Crippen LogP contribution in [-0.4, -0.2) is 14.2 Å². The summed E-state index contributed by atoms with van der Waals surface area (Å²) in [5, 5.41) is 2.11. The Morgan fingerprint density at radius 1 is 1.29 bits per heavy atom. The third-order valence-electron chi connectivity index (χ3n) is 2.53. The maximum absolute atomic E-state index is 5.15. The average molecular weight is 312 g/mol. The maximum atomic E-state index is 5.15. The molecule has 0 aliphatic heterocycles. The first-order chi connectivity index (χ1) is 8.19. The number of hydrogen-bond acceptors (Lipinski definition) is 3. The lowest BCUT2D eigenvalue weighted by Gasteiger charge is -2.18. The normalized spacial score (nSPS) is 10.3. The van der Waals surface area contributed by atoms with E-state index in [2.05, 4.69) is 51.5 Å². The van der Waals surface area contributed by atoms with Gasteiger partial charge in [-0.3, -0.25) is 0 Å². The molecular weight excluding hydrogens is 298 g/mol. The molecule has 4 heteroatoms. The maximum Gasteiger partial charge on any atom is 0.119 e. The van der Waals surface area contributed by atoms with E-state index in [-0.39, 0.29) is 0 Å². The third kappa shape index (κ3) is 3.23. The summed E-state index contributed by atoms with van der Waals surface area (Å²) in [5.74, 6) is 0.890. The number of thiophene rings is 1. The van der Waals surface area contributed by atoms with Gasteiger partial charge in [0.1, 0.15) is 5.75 Å². The fourth-order valence-electron chi connectivity index (χ4n) is 1.60. The lowest BCUT2D eigenvalue weighted by molar-refractivity contribution is 0.415. The van der Waals surface area contributed by atoms with Gasteiger partial charge in [-0.1, -0.05) is 0 Å². The van der Waals surface area contributed by atoms with Gasteiger partial charge in [-0.2, -0.15) is 0 Å². The number of anilines is 1. The highest BCUT2D eigenvalue weighted by atomic mass is 79.9. The molecule has 0 bridgehead atoms. The van der Waals surface area contributed by atoms with E-state index in [4.69, 9.17) is 4.74 Å². The number of ether oxygens (including phenoxy) is 1. The van der Waals surface area contributed by atoms with Crippen molar-refractivity contribution in [3.8, 4) is 5.75 Å². The zero-order valence-corrected chi connectivity index (χ0v) is 12.2. The van der Waals surface area contributed by atoms with Crippen LogP contribution in [0, 0.1) is 0 Å². The van der Waals surface area contributed by atoms with Crippen LogP contribution in [0.3, 0.4) is 0 Å². The van der Waals surface area contributed by atoms with Crippen LogP contribution in [-0.2, 0) is 6.54 Å². The monoisotopic (exact) mass is 311 g/mol. The highest BCUT2D eigenvalue weighted by molar-refractivity contribution is 9.10. The zero-order valence-electron chi connectivity index (χ0n) is 9.81. The van der Waals surface area contributed by atoms with Gasteiger partial charge < -0.3 is 9.64 Å². The van der Waals surface area contributed by atoms with E-state index in [1.165, 1.54) is 10.6 Å². The van der Waals surface area contributed by atoms with E-state index in [0.717, 1.165) is 16.8 Å². The van der Waals surface area contributed by atoms with Crippen molar-refractivity contribution in [3.63, 3.8) is 0 Å². The van der Waals surface area contributed by atoms with Crippen LogP contribution >= 0.6 is 27.3 Å². The molecule has 0 aliphatic rings. The Morgan fingerprint density at radius 2 is 2.00 bits per heavy atom. The van der Waals surface area contributed by atoms with Crippen molar-refractivity contribution in [3.05, 3.63) is 45.1 Å². The topological polar surface area (TPSA) is 12.5 Å². The van der Waals surface area contributed by atoms with Crippen molar-refractivity contribution in [2.45, 2.75) is 6.54 Å². The van der Waals surface area contributed by atoms with Gasteiger partial charge in [0.25, 0.3) is 0 Å². The minimum atomic E-state index is 0.890. The predicted octanol–water partition coefficient (Wildman–Crippen LogP) is 4.16. The largest absolute Gasteiger partial charge is 0.497 e. The molecule has 2 rings (SSSR count). The van der Waals surface area contributed by atoms with E-state index >= 15 is 0 Å². The lowest BCUT2D eigenvalue weighted by Crippen LogP contribution is -2.15. The van der Waals surface area contributed by atoms with Crippen molar-refractivity contribution in [1.29, 1.82) is 0 Å². The third-order valence-corrected chi connectivity index (χ3v) is 4.21. The van der Waals surface area contributed by atoms with Crippen molar-refractivity contribution in [2.24, 2.45) is 0 Å². The molecule has 0 N–H and O–H groups in total. The fourth-order valence-corrected chi connectivity index (χ4v) is 3.10. The van der Waals surface area contributed by atoms with Gasteiger partial charge in [0.2, 0.25) is 0 Å². The van der Waals surface area contributed by atoms with Crippen molar-refractivity contribution in [1.82, 2.24) is 0 Å². The molecule has 0 radical (unpaired) electrons. The molecule has 0 saturated carbocycles. The summed E-state index contributed by atoms with van der Waals surface area (Å²) in [7, 11) is 3.78. The van der Waals surface area contributed by atoms with E-state index in [0.29, 0.717) is 0 Å². The molecule has 1 heterocycles. The molecule has 17 heavy (non-hydrogen) atoms. The summed E-state index contributed by atoms with van der Waals surface area (Å²) in [4.78, 5) is 3.56. The molecule has 0 unspecified atom stereocenters. The van der Waals surface area contributed by atoms with Gasteiger partial charge >= 0.3 is 0 Å². The number of hydrogen-bond donors (Lipinski definition) is 0. The van der Waals surface area contributed by atoms with Crippen LogP contribution < -0.4 is 9.64 Å². The Balaban J connectivity index is 2.06. The van der Waals surface area contributed by atoms with Crippen molar-refractivity contribution in [2.75, 3.05) is 19.1 Å². The van der Waals surface area contributed by atoms with Gasteiger partial charge in [-0.15, -0.1) is 11.3 Å². The van der Waals surface area contributed by atoms with Gasteiger partial charge in [-0.25, -0.2) is 0 Å². The number of halogens is 1. The standard InChI is InChI=1S/C13H14BrNOS/c1-15(8-13-7-10(14)9-17-13)11-3-5-12(16-2)6-4-11/h3-7,9H,8H2,1-2H3. The molecular formula is C13H14BrNOS. The molecule has 0 fully saturated rings. The summed E-state index contributed by atoms with van der Waals surface area (Å²) in [5.41, 5.74) is 1.19. The highest BCUT2D eigenvalue weighted by Gasteiger charge is 2.04. The zero-order chi connectivity index (χ0) is 12.3. The Labute approximate surface area is 114 Å². The molecule has 2 aromatic rings. The first-order valence-electron chi connectivity index (χ1n) is 5.27. The van der Waals surface area contributed by atoms with Gasteiger partial charge in [0.15, 0.2) is 0 Å². The Hall–Kier alpha value is -1.00. The molecule has 2 nitrogen and oxygen atoms in total. The molecule has 90 valence electrons. The first-order valence-corrected chi connectivity index (χ1v) is 6.94.